The van der Waals surface area contributed by atoms with Gasteiger partial charge in [0.2, 0.25) is 0 Å². The molecule has 0 radical (unpaired) electrons. The molecule has 2 nitrogen and oxygen atoms in total. The monoisotopic (exact) mass is 126 g/mol. The summed E-state index contributed by atoms with van der Waals surface area (Å²) in [5.41, 5.74) is 0. The van der Waals surface area contributed by atoms with Gasteiger partial charge < -0.3 is 10.4 Å². The maximum atomic E-state index is 9.16. The van der Waals surface area contributed by atoms with Crippen molar-refractivity contribution in [1.82, 2.24) is 5.31 Å². The lowest BCUT2D eigenvalue weighted by Gasteiger charge is -2.04. The molecule has 1 aliphatic heterocycles. The predicted octanol–water partition coefficient (Wildman–Crippen LogP) is 0.121. The Morgan fingerprint density at radius 3 is 3.62 bits per heavy atom. The molecule has 0 aromatic heterocycles. The molecule has 0 aliphatic carbocycles. The summed E-state index contributed by atoms with van der Waals surface area (Å²) in [5.74, 6) is 0. The van der Waals surface area contributed by atoms with Crippen molar-refractivity contribution < 1.29 is 20.2 Å². The maximum absolute atomic E-state index is 9.16. The van der Waals surface area contributed by atoms with E-state index in [1.54, 1.807) is 0 Å². The van der Waals surface area contributed by atoms with E-state index in [4.69, 9.17) is 20.2 Å². The largest absolute Gasteiger partial charge is 0.396 e. The predicted molar refractivity (Wildman–Crippen MR) is 32.7 cm³/mol. The van der Waals surface area contributed by atoms with Crippen LogP contribution in [0.2, 0.25) is 1.41 Å². The van der Waals surface area contributed by atoms with E-state index in [1.165, 1.54) is 0 Å². The molecule has 0 bridgehead atoms. The lowest BCUT2D eigenvalue weighted by atomic mass is 10.2. The van der Waals surface area contributed by atoms with Crippen LogP contribution < -0.4 is 5.31 Å². The summed E-state index contributed by atoms with van der Waals surface area (Å²) in [6, 6.07) is -3.44. The van der Waals surface area contributed by atoms with E-state index in [0.29, 0.717) is 0 Å². The van der Waals surface area contributed by atoms with Gasteiger partial charge in [-0.1, -0.05) is 0 Å². The molecule has 2 atom stereocenters. The maximum Gasteiger partial charge on any atom is 0.122 e. The van der Waals surface area contributed by atoms with E-state index in [0.717, 1.165) is 0 Å². The standard InChI is InChI=1S/C6H13NO/c8-5-3-6-2-1-4-7-6/h6-8H,1-5H2/i1D2,2D2,3D2,4D,5D2,6D/hD. The lowest BCUT2D eigenvalue weighted by molar-refractivity contribution is 0.271. The van der Waals surface area contributed by atoms with Crippen molar-refractivity contribution in [2.75, 3.05) is 13.1 Å². The molecular formula is C6H13NO. The zero-order valence-corrected chi connectivity index (χ0v) is 3.97. The number of aliphatic hydroxyl groups is 1. The van der Waals surface area contributed by atoms with Crippen LogP contribution in [0.25, 0.3) is 0 Å². The summed E-state index contributed by atoms with van der Waals surface area (Å²) in [5, 5.41) is 8.86. The van der Waals surface area contributed by atoms with Crippen LogP contribution in [0.1, 0.15) is 32.8 Å². The molecule has 0 aromatic rings. The zero-order valence-electron chi connectivity index (χ0n) is 15.0. The van der Waals surface area contributed by atoms with Crippen LogP contribution in [0.3, 0.4) is 0 Å². The van der Waals surface area contributed by atoms with Gasteiger partial charge in [0.25, 0.3) is 0 Å². The quantitative estimate of drug-likeness (QED) is 0.551. The van der Waals surface area contributed by atoms with Crippen molar-refractivity contribution in [1.29, 1.82) is 0 Å². The average Bonchev–Trinajstić information content (AvgIpc) is 2.30. The van der Waals surface area contributed by atoms with Gasteiger partial charge in [-0.3, -0.25) is 0 Å². The first-order valence-corrected chi connectivity index (χ1v) is 1.99. The van der Waals surface area contributed by atoms with E-state index < -0.39 is 38.2 Å². The average molecular weight is 126 g/mol. The van der Waals surface area contributed by atoms with Crippen LogP contribution in [0, 0.1) is 0 Å². The molecule has 1 fully saturated rings. The Balaban J connectivity index is 3.56. The minimum absolute atomic E-state index is 0.291. The van der Waals surface area contributed by atoms with E-state index in [2.05, 4.69) is 0 Å². The zero-order chi connectivity index (χ0) is 15.7. The first-order valence-electron chi connectivity index (χ1n) is 7.52. The molecule has 1 saturated heterocycles. The fourth-order valence-corrected chi connectivity index (χ4v) is 0.346. The third kappa shape index (κ3) is 1.46. The third-order valence-corrected chi connectivity index (χ3v) is 0.623. The van der Waals surface area contributed by atoms with Crippen molar-refractivity contribution in [3.63, 3.8) is 0 Å². The van der Waals surface area contributed by atoms with Gasteiger partial charge >= 0.3 is 0 Å². The Kier molecular flexibility index (Phi) is 0.404. The van der Waals surface area contributed by atoms with Gasteiger partial charge in [0.1, 0.15) is 1.41 Å². The van der Waals surface area contributed by atoms with Crippen LogP contribution >= 0.6 is 0 Å². The fraction of sp³-hybridized carbons (Fsp3) is 1.00. The van der Waals surface area contributed by atoms with Gasteiger partial charge in [0, 0.05) is 23.5 Å². The van der Waals surface area contributed by atoms with E-state index in [-0.39, 0.29) is 5.31 Å². The summed E-state index contributed by atoms with van der Waals surface area (Å²) < 4.78 is 81.2. The van der Waals surface area contributed by atoms with Crippen molar-refractivity contribution >= 4 is 0 Å². The Morgan fingerprint density at radius 2 is 3.12 bits per heavy atom. The molecule has 0 aromatic carbocycles. The van der Waals surface area contributed by atoms with E-state index in [1.807, 2.05) is 0 Å². The molecule has 0 amide bonds. The van der Waals surface area contributed by atoms with Gasteiger partial charge in [-0.2, -0.15) is 0 Å². The third-order valence-electron chi connectivity index (χ3n) is 0.623. The second-order valence-corrected chi connectivity index (χ2v) is 1.11. The molecule has 0 saturated carbocycles. The highest BCUT2D eigenvalue weighted by Gasteiger charge is 2.11. The fourth-order valence-electron chi connectivity index (χ4n) is 0.346. The molecule has 1 aliphatic rings. The van der Waals surface area contributed by atoms with Crippen molar-refractivity contribution in [2.45, 2.75) is 25.1 Å². The molecule has 2 N–H and O–H groups in total. The highest BCUT2D eigenvalue weighted by Crippen LogP contribution is 2.06. The summed E-state index contributed by atoms with van der Waals surface area (Å²) in [7, 11) is 0. The molecule has 48 valence electrons. The Hall–Kier alpha value is -0.0800. The van der Waals surface area contributed by atoms with Gasteiger partial charge in [-0.05, 0) is 25.6 Å². The Labute approximate surface area is 65.4 Å². The van der Waals surface area contributed by atoms with Crippen LogP contribution in [0.4, 0.5) is 0 Å². The molecule has 1 rings (SSSR count). The summed E-state index contributed by atoms with van der Waals surface area (Å²) in [4.78, 5) is 0. The van der Waals surface area contributed by atoms with Crippen molar-refractivity contribution in [3.05, 3.63) is 0 Å². The first-order chi connectivity index (χ1) is 8.07. The molecule has 1 heterocycles. The summed E-state index contributed by atoms with van der Waals surface area (Å²) in [6.45, 7) is -5.93. The number of nitrogens with one attached hydrogen (secondary N) is 1. The summed E-state index contributed by atoms with van der Waals surface area (Å²) in [6.07, 6.45) is -10.1. The molecular weight excluding hydrogens is 102 g/mol. The van der Waals surface area contributed by atoms with Crippen LogP contribution in [-0.2, 0) is 0 Å². The van der Waals surface area contributed by atoms with Gasteiger partial charge in [0.05, 0.1) is 2.74 Å². The minimum Gasteiger partial charge on any atom is -0.396 e. The lowest BCUT2D eigenvalue weighted by Crippen LogP contribution is -2.21. The number of rotatable bonds is 2. The summed E-state index contributed by atoms with van der Waals surface area (Å²) >= 11 is 0. The SMILES string of the molecule is [2H]C1N([2H])C([2H])(C([2H])([2H])C([2H])([2H])O)C([2H])([2H])C1([2H])[2H]. The second kappa shape index (κ2) is 3.05. The normalized spacial score (nSPS) is 86.1. The van der Waals surface area contributed by atoms with Gasteiger partial charge in [-0.15, -0.1) is 0 Å². The molecule has 0 spiro atoms. The Morgan fingerprint density at radius 1 is 2.25 bits per heavy atom. The van der Waals surface area contributed by atoms with Gasteiger partial charge in [0.15, 0.2) is 0 Å². The van der Waals surface area contributed by atoms with E-state index in [9.17, 15) is 0 Å². The van der Waals surface area contributed by atoms with Crippen molar-refractivity contribution in [3.8, 4) is 0 Å². The topological polar surface area (TPSA) is 32.3 Å². The second-order valence-electron chi connectivity index (χ2n) is 1.11. The van der Waals surface area contributed by atoms with Crippen molar-refractivity contribution in [2.24, 2.45) is 0 Å². The van der Waals surface area contributed by atoms with Crippen LogP contribution in [0.5, 0.6) is 0 Å². The number of hydrogen-bond donors (Lipinski definition) is 2. The van der Waals surface area contributed by atoms with Gasteiger partial charge in [-0.25, -0.2) is 0 Å². The smallest absolute Gasteiger partial charge is 0.122 e. The first kappa shape index (κ1) is 1.06. The highest BCUT2D eigenvalue weighted by molar-refractivity contribution is 4.72. The van der Waals surface area contributed by atoms with E-state index >= 15 is 0 Å². The molecule has 2 heteroatoms. The van der Waals surface area contributed by atoms with Crippen LogP contribution in [-0.4, -0.2) is 24.2 Å². The minimum atomic E-state index is -3.69. The number of hydrogen-bond acceptors (Lipinski definition) is 2. The van der Waals surface area contributed by atoms with Crippen LogP contribution in [0.15, 0.2) is 0 Å². The highest BCUT2D eigenvalue weighted by atomic mass is 16.3. The molecule has 2 unspecified atom stereocenters. The molecule has 8 heavy (non-hydrogen) atoms. The Bertz CT molecular complexity index is 368.